The molecule has 0 bridgehead atoms. The highest BCUT2D eigenvalue weighted by Crippen LogP contribution is 2.54. The minimum atomic E-state index is -1.30. The average molecular weight is 426 g/mol. The van der Waals surface area contributed by atoms with E-state index in [4.69, 9.17) is 9.47 Å². The summed E-state index contributed by atoms with van der Waals surface area (Å²) in [6.07, 6.45) is 0.304. The topological polar surface area (TPSA) is 108 Å². The molecule has 1 aliphatic heterocycles. The quantitative estimate of drug-likeness (QED) is 0.500. The third kappa shape index (κ3) is 4.91. The first kappa shape index (κ1) is 23.7. The highest BCUT2D eigenvalue weighted by atomic mass is 16.7. The maximum atomic E-state index is 11.6. The maximum Gasteiger partial charge on any atom is 0.217 e. The number of aliphatic hydroxyl groups is 3. The van der Waals surface area contributed by atoms with Crippen molar-refractivity contribution in [2.45, 2.75) is 90.9 Å². The third-order valence-electron chi connectivity index (χ3n) is 7.35. The van der Waals surface area contributed by atoms with Crippen LogP contribution in [0, 0.1) is 23.2 Å². The molecule has 30 heavy (non-hydrogen) atoms. The van der Waals surface area contributed by atoms with Crippen LogP contribution in [0.25, 0.3) is 0 Å². The van der Waals surface area contributed by atoms with Gasteiger partial charge in [0.2, 0.25) is 5.91 Å². The Hall–Kier alpha value is -0.990. The van der Waals surface area contributed by atoms with Gasteiger partial charge < -0.3 is 30.1 Å². The van der Waals surface area contributed by atoms with Crippen molar-refractivity contribution in [3.63, 3.8) is 0 Å². The molecule has 3 unspecified atom stereocenters. The molecule has 1 saturated heterocycles. The van der Waals surface area contributed by atoms with Gasteiger partial charge in [0.05, 0.1) is 13.2 Å². The monoisotopic (exact) mass is 425 g/mol. The minimum absolute atomic E-state index is 0.263. The van der Waals surface area contributed by atoms with E-state index in [0.29, 0.717) is 18.4 Å². The van der Waals surface area contributed by atoms with E-state index in [1.165, 1.54) is 37.3 Å². The summed E-state index contributed by atoms with van der Waals surface area (Å²) in [6.45, 7) is 10.4. The van der Waals surface area contributed by atoms with E-state index in [1.54, 1.807) is 0 Å². The number of allylic oxidation sites excluding steroid dienone is 1. The summed E-state index contributed by atoms with van der Waals surface area (Å²) < 4.78 is 11.7. The zero-order valence-corrected chi connectivity index (χ0v) is 18.9. The number of carbonyl (C=O) groups is 1. The second-order valence-electron chi connectivity index (χ2n) is 10.4. The molecule has 7 heteroatoms. The summed E-state index contributed by atoms with van der Waals surface area (Å²) in [5.74, 6) is 1.71. The van der Waals surface area contributed by atoms with Crippen molar-refractivity contribution in [1.29, 1.82) is 0 Å². The summed E-state index contributed by atoms with van der Waals surface area (Å²) in [5.41, 5.74) is 2.92. The van der Waals surface area contributed by atoms with Crippen LogP contribution in [-0.2, 0) is 14.3 Å². The van der Waals surface area contributed by atoms with Crippen LogP contribution in [0.2, 0.25) is 0 Å². The standard InChI is InChI=1S/C23H39NO6/c1-12-6-7-15-16(12)8-23(4,5)9-17(15)13(2)11-29-22-19(24-14(3)26)21(28)20(27)18(10-25)30-22/h12,15-16,18-22,25,27-28H,6-11H2,1-5H3,(H,24,26)/t12?,15?,16?,18-,19-,20-,21-,22+/m1/s1. The van der Waals surface area contributed by atoms with Crippen LogP contribution in [0.15, 0.2) is 11.1 Å². The first-order valence-corrected chi connectivity index (χ1v) is 11.2. The fraction of sp³-hybridized carbons (Fsp3) is 0.870. The fourth-order valence-corrected chi connectivity index (χ4v) is 5.78. The zero-order chi connectivity index (χ0) is 22.2. The highest BCUT2D eigenvalue weighted by molar-refractivity contribution is 5.73. The lowest BCUT2D eigenvalue weighted by Gasteiger charge is -2.43. The van der Waals surface area contributed by atoms with Gasteiger partial charge in [-0.3, -0.25) is 4.79 Å². The lowest BCUT2D eigenvalue weighted by Crippen LogP contribution is -2.64. The summed E-state index contributed by atoms with van der Waals surface area (Å²) in [5, 5.41) is 32.7. The molecule has 0 aromatic heterocycles. The SMILES string of the molecule is CC(=O)N[C@H]1[C@@H](OCC(C)=C2CC(C)(C)CC3C(C)CCC23)O[C@H](CO)[C@@H](O)[C@@H]1O. The van der Waals surface area contributed by atoms with Gasteiger partial charge in [-0.1, -0.05) is 26.3 Å². The Bertz CT molecular complexity index is 662. The Balaban J connectivity index is 1.76. The van der Waals surface area contributed by atoms with Crippen LogP contribution in [0.3, 0.4) is 0 Å². The van der Waals surface area contributed by atoms with Crippen molar-refractivity contribution in [3.05, 3.63) is 11.1 Å². The minimum Gasteiger partial charge on any atom is -0.394 e. The Morgan fingerprint density at radius 2 is 1.93 bits per heavy atom. The second-order valence-corrected chi connectivity index (χ2v) is 10.4. The second kappa shape index (κ2) is 9.25. The number of rotatable bonds is 5. The smallest absolute Gasteiger partial charge is 0.217 e. The maximum absolute atomic E-state index is 11.6. The molecule has 2 saturated carbocycles. The first-order valence-electron chi connectivity index (χ1n) is 11.2. The molecule has 3 fully saturated rings. The van der Waals surface area contributed by atoms with E-state index in [1.807, 2.05) is 0 Å². The largest absolute Gasteiger partial charge is 0.394 e. The van der Waals surface area contributed by atoms with Crippen LogP contribution in [0.5, 0.6) is 0 Å². The molecule has 2 aliphatic carbocycles. The van der Waals surface area contributed by atoms with Crippen LogP contribution >= 0.6 is 0 Å². The number of hydrogen-bond donors (Lipinski definition) is 4. The lowest BCUT2D eigenvalue weighted by molar-refractivity contribution is -0.267. The average Bonchev–Trinajstić information content (AvgIpc) is 3.03. The Morgan fingerprint density at radius 3 is 2.57 bits per heavy atom. The third-order valence-corrected chi connectivity index (χ3v) is 7.35. The van der Waals surface area contributed by atoms with Crippen LogP contribution < -0.4 is 5.32 Å². The molecule has 7 nitrogen and oxygen atoms in total. The summed E-state index contributed by atoms with van der Waals surface area (Å²) in [6, 6.07) is -0.903. The molecule has 0 radical (unpaired) electrons. The molecule has 0 aromatic rings. The zero-order valence-electron chi connectivity index (χ0n) is 18.9. The molecule has 0 spiro atoms. The predicted octanol–water partition coefficient (Wildman–Crippen LogP) is 1.75. The van der Waals surface area contributed by atoms with E-state index in [2.05, 4.69) is 33.0 Å². The number of carbonyl (C=O) groups excluding carboxylic acids is 1. The van der Waals surface area contributed by atoms with E-state index >= 15 is 0 Å². The molecule has 3 aliphatic rings. The van der Waals surface area contributed by atoms with Gasteiger partial charge in [-0.15, -0.1) is 0 Å². The number of amides is 1. The van der Waals surface area contributed by atoms with Crippen molar-refractivity contribution in [2.75, 3.05) is 13.2 Å². The molecule has 3 rings (SSSR count). The van der Waals surface area contributed by atoms with Gasteiger partial charge in [0.15, 0.2) is 6.29 Å². The normalized spacial score (nSPS) is 42.5. The molecule has 4 N–H and O–H groups in total. The van der Waals surface area contributed by atoms with Crippen molar-refractivity contribution in [3.8, 4) is 0 Å². The molecule has 172 valence electrons. The molecular formula is C23H39NO6. The first-order chi connectivity index (χ1) is 14.0. The van der Waals surface area contributed by atoms with Crippen molar-refractivity contribution in [1.82, 2.24) is 5.32 Å². The van der Waals surface area contributed by atoms with Gasteiger partial charge >= 0.3 is 0 Å². The Morgan fingerprint density at radius 1 is 1.23 bits per heavy atom. The van der Waals surface area contributed by atoms with Crippen LogP contribution in [0.1, 0.15) is 60.3 Å². The summed E-state index contributed by atoms with van der Waals surface area (Å²) in [4.78, 5) is 11.6. The van der Waals surface area contributed by atoms with Gasteiger partial charge in [0.1, 0.15) is 24.4 Å². The summed E-state index contributed by atoms with van der Waals surface area (Å²) in [7, 11) is 0. The fourth-order valence-electron chi connectivity index (χ4n) is 5.78. The lowest BCUT2D eigenvalue weighted by atomic mass is 9.63. The summed E-state index contributed by atoms with van der Waals surface area (Å²) >= 11 is 0. The number of fused-ring (bicyclic) bond motifs is 1. The Labute approximate surface area is 179 Å². The van der Waals surface area contributed by atoms with Gasteiger partial charge in [0.25, 0.3) is 0 Å². The number of nitrogens with one attached hydrogen (secondary N) is 1. The van der Waals surface area contributed by atoms with Gasteiger partial charge in [0, 0.05) is 6.92 Å². The molecule has 1 heterocycles. The number of aliphatic hydroxyl groups excluding tert-OH is 3. The molecule has 8 atom stereocenters. The number of hydrogen-bond acceptors (Lipinski definition) is 6. The molecule has 0 aromatic carbocycles. The van der Waals surface area contributed by atoms with Gasteiger partial charge in [-0.2, -0.15) is 0 Å². The van der Waals surface area contributed by atoms with Gasteiger partial charge in [-0.25, -0.2) is 0 Å². The van der Waals surface area contributed by atoms with E-state index in [0.717, 1.165) is 12.3 Å². The van der Waals surface area contributed by atoms with E-state index in [9.17, 15) is 20.1 Å². The Kier molecular flexibility index (Phi) is 7.30. The van der Waals surface area contributed by atoms with Crippen molar-refractivity contribution < 1.29 is 29.6 Å². The van der Waals surface area contributed by atoms with Gasteiger partial charge in [-0.05, 0) is 61.3 Å². The van der Waals surface area contributed by atoms with Crippen molar-refractivity contribution >= 4 is 5.91 Å². The van der Waals surface area contributed by atoms with E-state index in [-0.39, 0.29) is 11.3 Å². The van der Waals surface area contributed by atoms with Crippen LogP contribution in [0.4, 0.5) is 0 Å². The van der Waals surface area contributed by atoms with Crippen molar-refractivity contribution in [2.24, 2.45) is 23.2 Å². The van der Waals surface area contributed by atoms with Crippen LogP contribution in [-0.4, -0.2) is 65.1 Å². The van der Waals surface area contributed by atoms with E-state index < -0.39 is 37.3 Å². The molecule has 1 amide bonds. The highest BCUT2D eigenvalue weighted by Gasteiger charge is 2.46. The predicted molar refractivity (Wildman–Crippen MR) is 112 cm³/mol. The number of ether oxygens (including phenoxy) is 2. The molecular weight excluding hydrogens is 386 g/mol.